The van der Waals surface area contributed by atoms with Crippen molar-refractivity contribution in [2.75, 3.05) is 24.6 Å². The van der Waals surface area contributed by atoms with E-state index in [0.717, 1.165) is 5.46 Å². The summed E-state index contributed by atoms with van der Waals surface area (Å²) in [5.74, 6) is 0. The quantitative estimate of drug-likeness (QED) is 0.296. The molecule has 1 aromatic rings. The molecule has 1 aromatic carbocycles. The molecular weight excluding hydrogens is 338 g/mol. The number of benzene rings is 1. The van der Waals surface area contributed by atoms with E-state index in [-0.39, 0.29) is 0 Å². The second kappa shape index (κ2) is 12.2. The molecule has 0 fully saturated rings. The maximum atomic E-state index is 11.0. The van der Waals surface area contributed by atoms with E-state index in [0.29, 0.717) is 0 Å². The van der Waals surface area contributed by atoms with Crippen molar-refractivity contribution in [3.63, 3.8) is 0 Å². The first-order valence-electron chi connectivity index (χ1n) is 11.0. The van der Waals surface area contributed by atoms with Gasteiger partial charge in [-0.15, -0.1) is 0 Å². The molecule has 0 bridgehead atoms. The molecule has 150 valence electrons. The Morgan fingerprint density at radius 3 is 1.46 bits per heavy atom. The first kappa shape index (κ1) is 23.7. The number of unbranched alkanes of at least 4 members (excludes halogenated alkanes) is 4. The Kier molecular flexibility index (Phi) is 11.1. The van der Waals surface area contributed by atoms with Crippen LogP contribution in [0.3, 0.4) is 0 Å². The third kappa shape index (κ3) is 6.99. The van der Waals surface area contributed by atoms with Gasteiger partial charge in [0.1, 0.15) is 0 Å². The van der Waals surface area contributed by atoms with E-state index >= 15 is 0 Å². The third-order valence-corrected chi connectivity index (χ3v) is 12.4. The molecule has 0 radical (unpaired) electrons. The van der Waals surface area contributed by atoms with Crippen LogP contribution in [-0.2, 0) is 4.44 Å². The van der Waals surface area contributed by atoms with Crippen molar-refractivity contribution < 1.29 is 9.47 Å². The third-order valence-electron chi connectivity index (χ3n) is 5.79. The van der Waals surface area contributed by atoms with Gasteiger partial charge in [-0.05, 0) is 0 Å². The maximum absolute atomic E-state index is 11.0. The molecule has 2 nitrogen and oxygen atoms in total. The molecule has 26 heavy (non-hydrogen) atoms. The number of hydrogen-bond donors (Lipinski definition) is 1. The van der Waals surface area contributed by atoms with Crippen LogP contribution in [0, 0.1) is 0 Å². The van der Waals surface area contributed by atoms with Crippen LogP contribution in [0.4, 0.5) is 0 Å². The van der Waals surface area contributed by atoms with Gasteiger partial charge in [0.2, 0.25) is 0 Å². The van der Waals surface area contributed by atoms with Gasteiger partial charge in [-0.25, -0.2) is 0 Å². The standard InChI is InChI=1S/C22H42BO2P/c1-5-9-18-26(19-10-6-2,20-11-7-3,21-12-8-4)25-23(24)22-16-14-13-15-17-22/h13-17,24H,5-12,18-21H2,1-4H3. The van der Waals surface area contributed by atoms with Gasteiger partial charge in [-0.1, -0.05) is 0 Å². The van der Waals surface area contributed by atoms with Crippen LogP contribution in [0.25, 0.3) is 0 Å². The fourth-order valence-electron chi connectivity index (χ4n) is 4.07. The summed E-state index contributed by atoms with van der Waals surface area (Å²) in [6, 6.07) is 9.98. The molecule has 0 saturated carbocycles. The van der Waals surface area contributed by atoms with E-state index in [9.17, 15) is 5.02 Å². The summed E-state index contributed by atoms with van der Waals surface area (Å²) in [5.41, 5.74) is 0.905. The fraction of sp³-hybridized carbons (Fsp3) is 0.727. The summed E-state index contributed by atoms with van der Waals surface area (Å²) < 4.78 is 6.91. The summed E-state index contributed by atoms with van der Waals surface area (Å²) in [5, 5.41) is 11.0. The Bertz CT molecular complexity index is 437. The Labute approximate surface area is 163 Å². The van der Waals surface area contributed by atoms with Crippen LogP contribution in [-0.4, -0.2) is 36.8 Å². The summed E-state index contributed by atoms with van der Waals surface area (Å²) >= 11 is 0. The Morgan fingerprint density at radius 2 is 1.12 bits per heavy atom. The summed E-state index contributed by atoms with van der Waals surface area (Å²) in [4.78, 5) is 0. The van der Waals surface area contributed by atoms with Gasteiger partial charge in [-0.2, -0.15) is 0 Å². The Balaban J connectivity index is 3.25. The fourth-order valence-corrected chi connectivity index (χ4v) is 11.0. The van der Waals surface area contributed by atoms with Crippen LogP contribution in [0.1, 0.15) is 79.1 Å². The molecular formula is C22H42BO2P. The molecule has 0 atom stereocenters. The molecule has 0 aromatic heterocycles. The molecule has 1 N–H and O–H groups in total. The minimum absolute atomic E-state index is 0.781. The van der Waals surface area contributed by atoms with Crippen molar-refractivity contribution in [2.24, 2.45) is 0 Å². The van der Waals surface area contributed by atoms with E-state index in [2.05, 4.69) is 27.7 Å². The van der Waals surface area contributed by atoms with E-state index in [1.165, 1.54) is 76.0 Å². The zero-order chi connectivity index (χ0) is 19.3. The van der Waals surface area contributed by atoms with Gasteiger partial charge in [0.05, 0.1) is 0 Å². The van der Waals surface area contributed by atoms with Crippen molar-refractivity contribution in [2.45, 2.75) is 79.1 Å². The average Bonchev–Trinajstić information content (AvgIpc) is 2.69. The topological polar surface area (TPSA) is 29.5 Å². The summed E-state index contributed by atoms with van der Waals surface area (Å²) in [7, 11) is -0.781. The first-order chi connectivity index (χ1) is 12.5. The predicted octanol–water partition coefficient (Wildman–Crippen LogP) is 6.06. The summed E-state index contributed by atoms with van der Waals surface area (Å²) in [6.07, 6.45) is 14.4. The molecule has 0 amide bonds. The molecule has 0 heterocycles. The van der Waals surface area contributed by atoms with Crippen LogP contribution in [0.5, 0.6) is 0 Å². The van der Waals surface area contributed by atoms with Crippen LogP contribution < -0.4 is 5.46 Å². The second-order valence-corrected chi connectivity index (χ2v) is 13.8. The number of rotatable bonds is 15. The van der Waals surface area contributed by atoms with Crippen molar-refractivity contribution >= 4 is 19.4 Å². The molecule has 0 aliphatic carbocycles. The summed E-state index contributed by atoms with van der Waals surface area (Å²) in [6.45, 7) is 6.68. The molecule has 0 aliphatic rings. The second-order valence-electron chi connectivity index (χ2n) is 8.04. The Morgan fingerprint density at radius 1 is 0.731 bits per heavy atom. The average molecular weight is 380 g/mol. The minimum atomic E-state index is -2.42. The van der Waals surface area contributed by atoms with Gasteiger partial charge >= 0.3 is 163 Å². The predicted molar refractivity (Wildman–Crippen MR) is 121 cm³/mol. The van der Waals surface area contributed by atoms with Crippen molar-refractivity contribution in [1.29, 1.82) is 0 Å². The normalized spacial score (nSPS) is 13.3. The molecule has 4 heteroatoms. The van der Waals surface area contributed by atoms with Crippen molar-refractivity contribution in [3.8, 4) is 0 Å². The van der Waals surface area contributed by atoms with Crippen molar-refractivity contribution in [3.05, 3.63) is 30.3 Å². The van der Waals surface area contributed by atoms with Crippen LogP contribution in [0.2, 0.25) is 0 Å². The Hall–Kier alpha value is -0.365. The molecule has 0 aliphatic heterocycles. The molecule has 0 unspecified atom stereocenters. The zero-order valence-electron chi connectivity index (χ0n) is 17.8. The van der Waals surface area contributed by atoms with Gasteiger partial charge in [0.15, 0.2) is 0 Å². The number of hydrogen-bond acceptors (Lipinski definition) is 2. The monoisotopic (exact) mass is 380 g/mol. The van der Waals surface area contributed by atoms with E-state index in [4.69, 9.17) is 4.44 Å². The van der Waals surface area contributed by atoms with E-state index < -0.39 is 13.9 Å². The SMILES string of the molecule is CCCCP(CCCC)(CCCC)(CCCC)OB(O)c1ccccc1. The van der Waals surface area contributed by atoms with Crippen LogP contribution >= 0.6 is 6.83 Å². The zero-order valence-corrected chi connectivity index (χ0v) is 18.6. The van der Waals surface area contributed by atoms with Gasteiger partial charge in [-0.3, -0.25) is 0 Å². The molecule has 1 rings (SSSR count). The van der Waals surface area contributed by atoms with Gasteiger partial charge in [0.25, 0.3) is 0 Å². The van der Waals surface area contributed by atoms with Crippen molar-refractivity contribution in [1.82, 2.24) is 0 Å². The van der Waals surface area contributed by atoms with E-state index in [1.54, 1.807) is 0 Å². The first-order valence-corrected chi connectivity index (χ1v) is 13.9. The van der Waals surface area contributed by atoms with Gasteiger partial charge in [0, 0.05) is 0 Å². The molecule has 0 spiro atoms. The van der Waals surface area contributed by atoms with E-state index in [1.807, 2.05) is 30.3 Å². The van der Waals surface area contributed by atoms with Crippen LogP contribution in [0.15, 0.2) is 30.3 Å². The van der Waals surface area contributed by atoms with Gasteiger partial charge < -0.3 is 0 Å². The molecule has 0 saturated heterocycles.